The van der Waals surface area contributed by atoms with Gasteiger partial charge in [0.05, 0.1) is 0 Å². The van der Waals surface area contributed by atoms with Gasteiger partial charge in [0.25, 0.3) is 11.8 Å². The van der Waals surface area contributed by atoms with Crippen molar-refractivity contribution in [1.29, 1.82) is 0 Å². The van der Waals surface area contributed by atoms with Crippen LogP contribution in [0.4, 0.5) is 4.79 Å². The lowest BCUT2D eigenvalue weighted by Crippen LogP contribution is -2.49. The highest BCUT2D eigenvalue weighted by Crippen LogP contribution is 2.31. The van der Waals surface area contributed by atoms with Crippen molar-refractivity contribution >= 4 is 35.2 Å². The van der Waals surface area contributed by atoms with Gasteiger partial charge in [-0.2, -0.15) is 16.3 Å². The number of ether oxygens (including phenoxy) is 1. The average Bonchev–Trinajstić information content (AvgIpc) is 3.34. The van der Waals surface area contributed by atoms with E-state index in [0.29, 0.717) is 23.4 Å². The van der Waals surface area contributed by atoms with Crippen molar-refractivity contribution in [2.24, 2.45) is 0 Å². The highest BCUT2D eigenvalue weighted by atomic mass is 32.1. The van der Waals surface area contributed by atoms with Crippen molar-refractivity contribution in [3.63, 3.8) is 0 Å². The zero-order valence-electron chi connectivity index (χ0n) is 15.8. The molecule has 1 aliphatic heterocycles. The number of benzene rings is 1. The van der Waals surface area contributed by atoms with Gasteiger partial charge in [-0.25, -0.2) is 4.79 Å². The van der Waals surface area contributed by atoms with E-state index in [1.54, 1.807) is 37.3 Å². The van der Waals surface area contributed by atoms with Crippen LogP contribution in [0.15, 0.2) is 47.2 Å². The number of nitrogens with one attached hydrogen (secondary N) is 2. The van der Waals surface area contributed by atoms with Crippen LogP contribution in [0, 0.1) is 0 Å². The summed E-state index contributed by atoms with van der Waals surface area (Å²) in [6.07, 6.45) is 0.971. The second-order valence-corrected chi connectivity index (χ2v) is 7.30. The Morgan fingerprint density at radius 2 is 1.97 bits per heavy atom. The number of hydrazine groups is 1. The molecule has 0 unspecified atom stereocenters. The summed E-state index contributed by atoms with van der Waals surface area (Å²) in [6, 6.07) is 9.99. The Morgan fingerprint density at radius 1 is 1.21 bits per heavy atom. The highest BCUT2D eigenvalue weighted by Gasteiger charge is 2.52. The summed E-state index contributed by atoms with van der Waals surface area (Å²) < 4.78 is 4.93. The van der Waals surface area contributed by atoms with E-state index in [2.05, 4.69) is 10.7 Å². The fraction of sp³-hybridized carbons (Fsp3) is 0.300. The van der Waals surface area contributed by atoms with Crippen LogP contribution in [0.2, 0.25) is 0 Å². The van der Waals surface area contributed by atoms with Crippen molar-refractivity contribution in [2.75, 3.05) is 6.61 Å². The summed E-state index contributed by atoms with van der Waals surface area (Å²) in [5.74, 6) is -1.89. The van der Waals surface area contributed by atoms with Crippen molar-refractivity contribution in [3.05, 3.63) is 58.3 Å². The zero-order chi connectivity index (χ0) is 20.9. The molecule has 0 saturated carbocycles. The normalized spacial score (nSPS) is 18.4. The number of carbonyl (C=O) groups excluding carboxylic acids is 4. The molecule has 1 fully saturated rings. The molecule has 0 spiro atoms. The number of rotatable bonds is 8. The van der Waals surface area contributed by atoms with E-state index >= 15 is 0 Å². The lowest BCUT2D eigenvalue weighted by molar-refractivity contribution is -0.150. The van der Waals surface area contributed by atoms with Gasteiger partial charge in [-0.1, -0.05) is 37.3 Å². The maximum absolute atomic E-state index is 12.9. The third-order valence-electron chi connectivity index (χ3n) is 4.69. The number of hydrogen-bond donors (Lipinski definition) is 2. The van der Waals surface area contributed by atoms with E-state index in [1.165, 1.54) is 11.3 Å². The molecule has 8 nitrogen and oxygen atoms in total. The minimum atomic E-state index is -1.25. The second kappa shape index (κ2) is 8.87. The van der Waals surface area contributed by atoms with Gasteiger partial charge in [0.2, 0.25) is 0 Å². The Kier molecular flexibility index (Phi) is 6.28. The first-order valence-corrected chi connectivity index (χ1v) is 10.1. The number of thiophene rings is 1. The van der Waals surface area contributed by atoms with Crippen molar-refractivity contribution in [3.8, 4) is 0 Å². The van der Waals surface area contributed by atoms with Crippen LogP contribution in [0.25, 0.3) is 0 Å². The molecule has 2 heterocycles. The molecule has 1 aromatic carbocycles. The Morgan fingerprint density at radius 3 is 2.62 bits per heavy atom. The number of hydrogen-bond acceptors (Lipinski definition) is 6. The van der Waals surface area contributed by atoms with Crippen LogP contribution in [-0.2, 0) is 31.1 Å². The van der Waals surface area contributed by atoms with E-state index in [9.17, 15) is 19.2 Å². The first-order chi connectivity index (χ1) is 14.0. The first kappa shape index (κ1) is 20.5. The molecule has 4 amide bonds. The van der Waals surface area contributed by atoms with Crippen LogP contribution < -0.4 is 10.7 Å². The standard InChI is InChI=1S/C20H21N3O5S/c1-2-20(15-6-4-3-5-7-15)18(26)23(19(27)21-20)22-16(24)12-28-17(25)9-8-14-10-11-29-13-14/h3-7,10-11,13H,2,8-9,12H2,1H3,(H,21,27)(H,22,24)/t20-/m0/s1. The number of urea groups is 1. The summed E-state index contributed by atoms with van der Waals surface area (Å²) >= 11 is 1.54. The Balaban J connectivity index is 1.55. The van der Waals surface area contributed by atoms with Gasteiger partial charge < -0.3 is 10.1 Å². The number of amides is 4. The average molecular weight is 415 g/mol. The number of nitrogens with zero attached hydrogens (tertiary/aromatic N) is 1. The minimum absolute atomic E-state index is 0.139. The molecule has 1 saturated heterocycles. The number of esters is 1. The Bertz CT molecular complexity index is 900. The Hall–Kier alpha value is -3.20. The van der Waals surface area contributed by atoms with Gasteiger partial charge in [-0.3, -0.25) is 19.8 Å². The van der Waals surface area contributed by atoms with Crippen LogP contribution in [0.5, 0.6) is 0 Å². The lowest BCUT2D eigenvalue weighted by atomic mass is 9.87. The van der Waals surface area contributed by atoms with Crippen LogP contribution >= 0.6 is 11.3 Å². The molecular weight excluding hydrogens is 394 g/mol. The molecule has 0 aliphatic carbocycles. The van der Waals surface area contributed by atoms with Gasteiger partial charge in [-0.05, 0) is 40.8 Å². The minimum Gasteiger partial charge on any atom is -0.455 e. The maximum atomic E-state index is 12.9. The van der Waals surface area contributed by atoms with Crippen LogP contribution in [-0.4, -0.2) is 35.4 Å². The monoisotopic (exact) mass is 415 g/mol. The topological polar surface area (TPSA) is 105 Å². The van der Waals surface area contributed by atoms with E-state index in [1.807, 2.05) is 16.8 Å². The van der Waals surface area contributed by atoms with Crippen molar-refractivity contribution in [2.45, 2.75) is 31.7 Å². The van der Waals surface area contributed by atoms with E-state index in [-0.39, 0.29) is 6.42 Å². The molecule has 0 bridgehead atoms. The number of imide groups is 1. The molecule has 9 heteroatoms. The molecular formula is C20H21N3O5S. The summed E-state index contributed by atoms with van der Waals surface area (Å²) in [7, 11) is 0. The molecule has 2 aromatic rings. The lowest BCUT2D eigenvalue weighted by Gasteiger charge is -2.25. The van der Waals surface area contributed by atoms with Crippen LogP contribution in [0.3, 0.4) is 0 Å². The van der Waals surface area contributed by atoms with E-state index in [0.717, 1.165) is 5.56 Å². The van der Waals surface area contributed by atoms with E-state index < -0.39 is 36.0 Å². The molecule has 0 radical (unpaired) electrons. The summed E-state index contributed by atoms with van der Waals surface area (Å²) in [6.45, 7) is 1.19. The fourth-order valence-electron chi connectivity index (χ4n) is 3.10. The SMILES string of the molecule is CC[C@@]1(c2ccccc2)NC(=O)N(NC(=O)COC(=O)CCc2ccsc2)C1=O. The molecule has 3 rings (SSSR count). The number of aryl methyl sites for hydroxylation is 1. The van der Waals surface area contributed by atoms with E-state index in [4.69, 9.17) is 4.74 Å². The molecule has 2 N–H and O–H groups in total. The fourth-order valence-corrected chi connectivity index (χ4v) is 3.80. The predicted molar refractivity (Wildman–Crippen MR) is 106 cm³/mol. The molecule has 152 valence electrons. The Labute approximate surface area is 171 Å². The number of carbonyl (C=O) groups is 4. The first-order valence-electron chi connectivity index (χ1n) is 9.14. The van der Waals surface area contributed by atoms with Crippen molar-refractivity contribution < 1.29 is 23.9 Å². The maximum Gasteiger partial charge on any atom is 0.344 e. The molecule has 1 atom stereocenters. The van der Waals surface area contributed by atoms with Crippen LogP contribution in [0.1, 0.15) is 30.9 Å². The molecule has 1 aromatic heterocycles. The van der Waals surface area contributed by atoms with Gasteiger partial charge >= 0.3 is 12.0 Å². The summed E-state index contributed by atoms with van der Waals surface area (Å²) in [5, 5.41) is 7.14. The third kappa shape index (κ3) is 4.45. The van der Waals surface area contributed by atoms with Crippen molar-refractivity contribution in [1.82, 2.24) is 15.8 Å². The molecule has 1 aliphatic rings. The van der Waals surface area contributed by atoms with Gasteiger partial charge in [0, 0.05) is 6.42 Å². The highest BCUT2D eigenvalue weighted by molar-refractivity contribution is 7.07. The molecule has 29 heavy (non-hydrogen) atoms. The summed E-state index contributed by atoms with van der Waals surface area (Å²) in [4.78, 5) is 49.1. The second-order valence-electron chi connectivity index (χ2n) is 6.52. The quantitative estimate of drug-likeness (QED) is 0.508. The van der Waals surface area contributed by atoms with Gasteiger partial charge in [0.15, 0.2) is 6.61 Å². The smallest absolute Gasteiger partial charge is 0.344 e. The zero-order valence-corrected chi connectivity index (χ0v) is 16.7. The summed E-state index contributed by atoms with van der Waals surface area (Å²) in [5.41, 5.74) is 2.62. The van der Waals surface area contributed by atoms with Gasteiger partial charge in [-0.15, -0.1) is 0 Å². The third-order valence-corrected chi connectivity index (χ3v) is 5.42. The van der Waals surface area contributed by atoms with Gasteiger partial charge in [0.1, 0.15) is 5.54 Å². The predicted octanol–water partition coefficient (Wildman–Crippen LogP) is 2.11. The largest absolute Gasteiger partial charge is 0.455 e.